The zero-order valence-corrected chi connectivity index (χ0v) is 9.56. The van der Waals surface area contributed by atoms with Crippen LogP contribution in [0.3, 0.4) is 0 Å². The van der Waals surface area contributed by atoms with Crippen molar-refractivity contribution in [2.45, 2.75) is 38.3 Å². The summed E-state index contributed by atoms with van der Waals surface area (Å²) in [6, 6.07) is 7.03. The van der Waals surface area contributed by atoms with Crippen molar-refractivity contribution in [2.24, 2.45) is 5.92 Å². The maximum atomic E-state index is 9.02. The lowest BCUT2D eigenvalue weighted by Crippen LogP contribution is -2.33. The molecule has 1 saturated carbocycles. The molecule has 0 amide bonds. The largest absolute Gasteiger partial charge is 0.306 e. The first-order chi connectivity index (χ1) is 7.81. The summed E-state index contributed by atoms with van der Waals surface area (Å²) < 4.78 is 0. The Morgan fingerprint density at radius 3 is 3.12 bits per heavy atom. The highest BCUT2D eigenvalue weighted by Gasteiger charge is 2.28. The number of nitrogens with one attached hydrogen (secondary N) is 1. The number of pyridine rings is 1. The normalized spacial score (nSPS) is 26.2. The summed E-state index contributed by atoms with van der Waals surface area (Å²) in [4.78, 5) is 4.11. The molecule has 16 heavy (non-hydrogen) atoms. The number of aromatic nitrogens is 1. The molecule has 84 valence electrons. The first kappa shape index (κ1) is 11.1. The average molecular weight is 215 g/mol. The Hall–Kier alpha value is -1.40. The molecule has 1 aromatic heterocycles. The molecule has 1 aliphatic carbocycles. The number of nitrogens with zero attached hydrogens (tertiary/aromatic N) is 2. The third kappa shape index (κ3) is 2.40. The van der Waals surface area contributed by atoms with Crippen LogP contribution in [-0.2, 0) is 0 Å². The summed E-state index contributed by atoms with van der Waals surface area (Å²) in [5, 5.41) is 12.6. The summed E-state index contributed by atoms with van der Waals surface area (Å²) in [7, 11) is 0. The van der Waals surface area contributed by atoms with Crippen LogP contribution < -0.4 is 5.32 Å². The van der Waals surface area contributed by atoms with Gasteiger partial charge in [0.25, 0.3) is 0 Å². The van der Waals surface area contributed by atoms with E-state index in [0.29, 0.717) is 6.04 Å². The Kier molecular flexibility index (Phi) is 3.53. The quantitative estimate of drug-likeness (QED) is 0.842. The Morgan fingerprint density at radius 1 is 1.56 bits per heavy atom. The third-order valence-corrected chi connectivity index (χ3v) is 3.33. The Labute approximate surface area is 96.5 Å². The fraction of sp³-hybridized carbons (Fsp3) is 0.538. The summed E-state index contributed by atoms with van der Waals surface area (Å²) in [6.45, 7) is 2.13. The topological polar surface area (TPSA) is 48.7 Å². The molecule has 0 spiro atoms. The molecule has 0 aromatic carbocycles. The van der Waals surface area contributed by atoms with Gasteiger partial charge in [0.2, 0.25) is 0 Å². The highest BCUT2D eigenvalue weighted by molar-refractivity contribution is 5.13. The van der Waals surface area contributed by atoms with Crippen LogP contribution in [0.25, 0.3) is 0 Å². The van der Waals surface area contributed by atoms with Gasteiger partial charge in [0.15, 0.2) is 0 Å². The van der Waals surface area contributed by atoms with Crippen molar-refractivity contribution >= 4 is 0 Å². The van der Waals surface area contributed by atoms with E-state index in [1.807, 2.05) is 12.3 Å². The molecule has 1 aliphatic rings. The van der Waals surface area contributed by atoms with E-state index in [1.54, 1.807) is 6.20 Å². The number of hydrogen-bond acceptors (Lipinski definition) is 3. The molecule has 1 N–H and O–H groups in total. The molecule has 1 aromatic rings. The van der Waals surface area contributed by atoms with E-state index in [9.17, 15) is 0 Å². The molecule has 1 fully saturated rings. The van der Waals surface area contributed by atoms with Crippen molar-refractivity contribution in [1.29, 1.82) is 5.26 Å². The average Bonchev–Trinajstić information content (AvgIpc) is 2.77. The molecular formula is C13H17N3. The minimum absolute atomic E-state index is 0.180. The zero-order valence-electron chi connectivity index (χ0n) is 9.56. The SMILES string of the molecule is C[C@@H](NC1CCCC1C#N)c1cccnc1. The van der Waals surface area contributed by atoms with Crippen LogP contribution in [0.1, 0.15) is 37.8 Å². The van der Waals surface area contributed by atoms with Gasteiger partial charge in [-0.05, 0) is 31.4 Å². The smallest absolute Gasteiger partial charge is 0.0672 e. The van der Waals surface area contributed by atoms with Gasteiger partial charge < -0.3 is 5.32 Å². The van der Waals surface area contributed by atoms with Gasteiger partial charge in [-0.15, -0.1) is 0 Å². The van der Waals surface area contributed by atoms with Gasteiger partial charge >= 0.3 is 0 Å². The monoisotopic (exact) mass is 215 g/mol. The lowest BCUT2D eigenvalue weighted by atomic mass is 10.0. The number of rotatable bonds is 3. The molecule has 2 unspecified atom stereocenters. The minimum atomic E-state index is 0.180. The van der Waals surface area contributed by atoms with Crippen molar-refractivity contribution in [3.05, 3.63) is 30.1 Å². The summed E-state index contributed by atoms with van der Waals surface area (Å²) >= 11 is 0. The van der Waals surface area contributed by atoms with Gasteiger partial charge in [0.1, 0.15) is 0 Å². The standard InChI is InChI=1S/C13H17N3/c1-10(12-5-3-7-15-9-12)16-13-6-2-4-11(13)8-14/h3,5,7,9-11,13,16H,2,4,6H2,1H3/t10-,11?,13?/m1/s1. The Morgan fingerprint density at radius 2 is 2.44 bits per heavy atom. The third-order valence-electron chi connectivity index (χ3n) is 3.33. The van der Waals surface area contributed by atoms with E-state index in [0.717, 1.165) is 19.3 Å². The highest BCUT2D eigenvalue weighted by Crippen LogP contribution is 2.27. The van der Waals surface area contributed by atoms with Crippen molar-refractivity contribution in [3.63, 3.8) is 0 Å². The van der Waals surface area contributed by atoms with Gasteiger partial charge in [0.05, 0.1) is 12.0 Å². The summed E-state index contributed by atoms with van der Waals surface area (Å²) in [6.07, 6.45) is 6.98. The van der Waals surface area contributed by atoms with Gasteiger partial charge in [-0.1, -0.05) is 12.5 Å². The van der Waals surface area contributed by atoms with Gasteiger partial charge in [-0.25, -0.2) is 0 Å². The van der Waals surface area contributed by atoms with Crippen LogP contribution in [-0.4, -0.2) is 11.0 Å². The lowest BCUT2D eigenvalue weighted by Gasteiger charge is -2.21. The predicted octanol–water partition coefficient (Wildman–Crippen LogP) is 2.42. The van der Waals surface area contributed by atoms with E-state index in [-0.39, 0.29) is 12.0 Å². The highest BCUT2D eigenvalue weighted by atomic mass is 15.0. The fourth-order valence-electron chi connectivity index (χ4n) is 2.36. The van der Waals surface area contributed by atoms with Crippen LogP contribution in [0.2, 0.25) is 0 Å². The maximum Gasteiger partial charge on any atom is 0.0672 e. The van der Waals surface area contributed by atoms with Crippen LogP contribution in [0.4, 0.5) is 0 Å². The lowest BCUT2D eigenvalue weighted by molar-refractivity contribution is 0.417. The van der Waals surface area contributed by atoms with Gasteiger partial charge in [-0.2, -0.15) is 5.26 Å². The molecule has 0 aliphatic heterocycles. The first-order valence-corrected chi connectivity index (χ1v) is 5.87. The van der Waals surface area contributed by atoms with Crippen molar-refractivity contribution in [3.8, 4) is 6.07 Å². The second-order valence-electron chi connectivity index (χ2n) is 4.45. The van der Waals surface area contributed by atoms with E-state index in [1.165, 1.54) is 5.56 Å². The number of nitriles is 1. The van der Waals surface area contributed by atoms with Crippen LogP contribution in [0, 0.1) is 17.2 Å². The molecule has 0 radical (unpaired) electrons. The van der Waals surface area contributed by atoms with Crippen molar-refractivity contribution < 1.29 is 0 Å². The van der Waals surface area contributed by atoms with Crippen LogP contribution in [0.5, 0.6) is 0 Å². The van der Waals surface area contributed by atoms with Crippen molar-refractivity contribution in [2.75, 3.05) is 0 Å². The van der Waals surface area contributed by atoms with Gasteiger partial charge in [-0.3, -0.25) is 4.98 Å². The summed E-state index contributed by atoms with van der Waals surface area (Å²) in [5.74, 6) is 0.180. The minimum Gasteiger partial charge on any atom is -0.306 e. The molecule has 1 heterocycles. The molecule has 3 nitrogen and oxygen atoms in total. The Bertz CT molecular complexity index is 369. The second-order valence-corrected chi connectivity index (χ2v) is 4.45. The summed E-state index contributed by atoms with van der Waals surface area (Å²) in [5.41, 5.74) is 1.19. The zero-order chi connectivity index (χ0) is 11.4. The van der Waals surface area contributed by atoms with E-state index >= 15 is 0 Å². The van der Waals surface area contributed by atoms with E-state index < -0.39 is 0 Å². The van der Waals surface area contributed by atoms with Crippen LogP contribution >= 0.6 is 0 Å². The molecule has 3 heteroatoms. The van der Waals surface area contributed by atoms with Gasteiger partial charge in [0, 0.05) is 24.5 Å². The van der Waals surface area contributed by atoms with E-state index in [4.69, 9.17) is 5.26 Å². The Balaban J connectivity index is 1.98. The first-order valence-electron chi connectivity index (χ1n) is 5.87. The predicted molar refractivity (Wildman–Crippen MR) is 62.5 cm³/mol. The fourth-order valence-corrected chi connectivity index (χ4v) is 2.36. The molecule has 0 bridgehead atoms. The van der Waals surface area contributed by atoms with E-state index in [2.05, 4.69) is 29.4 Å². The molecule has 3 atom stereocenters. The molecular weight excluding hydrogens is 198 g/mol. The second kappa shape index (κ2) is 5.09. The molecule has 2 rings (SSSR count). The maximum absolute atomic E-state index is 9.02. The number of hydrogen-bond donors (Lipinski definition) is 1. The molecule has 0 saturated heterocycles. The van der Waals surface area contributed by atoms with Crippen LogP contribution in [0.15, 0.2) is 24.5 Å². The van der Waals surface area contributed by atoms with Crippen molar-refractivity contribution in [1.82, 2.24) is 10.3 Å².